The van der Waals surface area contributed by atoms with Crippen LogP contribution < -0.4 is 4.74 Å². The lowest BCUT2D eigenvalue weighted by atomic mass is 10.1. The zero-order valence-electron chi connectivity index (χ0n) is 15.8. The SMILES string of the molecule is N#Cc1ccc(OC2CSCCCSCC(O)CSCCCSC2)cc1C#N. The molecule has 1 saturated heterocycles. The number of benzene rings is 1. The summed E-state index contributed by atoms with van der Waals surface area (Å²) in [5.41, 5.74) is 0.751. The normalized spacial score (nSPS) is 23.2. The maximum Gasteiger partial charge on any atom is 0.121 e. The minimum absolute atomic E-state index is 0.0875. The van der Waals surface area contributed by atoms with E-state index in [4.69, 9.17) is 10.00 Å². The van der Waals surface area contributed by atoms with Crippen LogP contribution in [0.4, 0.5) is 0 Å². The van der Waals surface area contributed by atoms with Gasteiger partial charge in [0.1, 0.15) is 24.0 Å². The van der Waals surface area contributed by atoms with E-state index in [-0.39, 0.29) is 12.2 Å². The van der Waals surface area contributed by atoms with Crippen LogP contribution in [-0.4, -0.2) is 63.3 Å². The second-order valence-electron chi connectivity index (χ2n) is 6.33. The van der Waals surface area contributed by atoms with Crippen molar-refractivity contribution in [2.45, 2.75) is 25.0 Å². The molecule has 1 aromatic carbocycles. The lowest BCUT2D eigenvalue weighted by molar-refractivity contribution is 0.225. The molecule has 0 aromatic heterocycles. The summed E-state index contributed by atoms with van der Waals surface area (Å²) in [6.45, 7) is 0. The zero-order chi connectivity index (χ0) is 20.0. The van der Waals surface area contributed by atoms with Crippen molar-refractivity contribution in [2.24, 2.45) is 0 Å². The summed E-state index contributed by atoms with van der Waals surface area (Å²) in [6.07, 6.45) is 2.16. The van der Waals surface area contributed by atoms with Crippen molar-refractivity contribution in [2.75, 3.05) is 46.0 Å². The van der Waals surface area contributed by atoms with Crippen LogP contribution in [0, 0.1) is 22.7 Å². The summed E-state index contributed by atoms with van der Waals surface area (Å²) in [5.74, 6) is 8.48. The fourth-order valence-corrected chi connectivity index (χ4v) is 6.94. The standard InChI is InChI=1S/C20H26N2O2S4/c21-10-16-3-4-19(9-17(16)11-22)24-20-14-27-7-1-5-25-12-18(23)13-26-6-2-8-28-15-20/h3-4,9,18,20,23H,1-2,5-8,12-15H2. The van der Waals surface area contributed by atoms with E-state index in [2.05, 4.69) is 6.07 Å². The van der Waals surface area contributed by atoms with Gasteiger partial charge in [0, 0.05) is 23.0 Å². The maximum absolute atomic E-state index is 9.96. The van der Waals surface area contributed by atoms with Crippen LogP contribution in [0.5, 0.6) is 5.75 Å². The Balaban J connectivity index is 1.90. The predicted molar refractivity (Wildman–Crippen MR) is 125 cm³/mol. The second-order valence-corrected chi connectivity index (χ2v) is 10.9. The van der Waals surface area contributed by atoms with Gasteiger partial charge in [-0.3, -0.25) is 0 Å². The third-order valence-corrected chi connectivity index (χ3v) is 8.68. The molecule has 1 N–H and O–H groups in total. The molecular formula is C20H26N2O2S4. The highest BCUT2D eigenvalue weighted by Crippen LogP contribution is 2.22. The van der Waals surface area contributed by atoms with Crippen LogP contribution in [0.2, 0.25) is 0 Å². The molecular weight excluding hydrogens is 429 g/mol. The Kier molecular flexibility index (Phi) is 12.1. The van der Waals surface area contributed by atoms with E-state index in [9.17, 15) is 10.4 Å². The van der Waals surface area contributed by atoms with Crippen LogP contribution in [0.15, 0.2) is 18.2 Å². The van der Waals surface area contributed by atoms with Crippen LogP contribution in [0.1, 0.15) is 24.0 Å². The van der Waals surface area contributed by atoms with Gasteiger partial charge in [-0.15, -0.1) is 0 Å². The van der Waals surface area contributed by atoms with Crippen LogP contribution >= 0.6 is 47.0 Å². The minimum atomic E-state index is -0.188. The summed E-state index contributed by atoms with van der Waals surface area (Å²) in [7, 11) is 0. The van der Waals surface area contributed by atoms with E-state index in [1.54, 1.807) is 18.2 Å². The first-order valence-corrected chi connectivity index (χ1v) is 13.9. The number of rotatable bonds is 2. The Morgan fingerprint density at radius 3 is 1.89 bits per heavy atom. The predicted octanol–water partition coefficient (Wildman–Crippen LogP) is 4.26. The molecule has 152 valence electrons. The second kappa shape index (κ2) is 14.4. The number of aliphatic hydroxyl groups is 1. The first-order valence-electron chi connectivity index (χ1n) is 9.33. The molecule has 1 heterocycles. The first kappa shape index (κ1) is 23.6. The van der Waals surface area contributed by atoms with E-state index < -0.39 is 0 Å². The van der Waals surface area contributed by atoms with E-state index in [1.807, 2.05) is 53.1 Å². The quantitative estimate of drug-likeness (QED) is 0.710. The number of ether oxygens (including phenoxy) is 1. The Hall–Kier alpha value is -0.640. The molecule has 4 nitrogen and oxygen atoms in total. The van der Waals surface area contributed by atoms with Gasteiger partial charge in [0.2, 0.25) is 0 Å². The first-order chi connectivity index (χ1) is 13.7. The van der Waals surface area contributed by atoms with Crippen molar-refractivity contribution in [3.05, 3.63) is 29.3 Å². The molecule has 2 rings (SSSR count). The van der Waals surface area contributed by atoms with Gasteiger partial charge in [-0.05, 0) is 54.1 Å². The van der Waals surface area contributed by atoms with Crippen molar-refractivity contribution in [3.63, 3.8) is 0 Å². The lowest BCUT2D eigenvalue weighted by Crippen LogP contribution is -2.23. The summed E-state index contributed by atoms with van der Waals surface area (Å²) >= 11 is 7.48. The molecule has 0 radical (unpaired) electrons. The molecule has 1 aliphatic heterocycles. The van der Waals surface area contributed by atoms with Gasteiger partial charge in [-0.1, -0.05) is 0 Å². The van der Waals surface area contributed by atoms with E-state index in [0.717, 1.165) is 58.9 Å². The molecule has 0 amide bonds. The van der Waals surface area contributed by atoms with Crippen LogP contribution in [0.3, 0.4) is 0 Å². The monoisotopic (exact) mass is 454 g/mol. The van der Waals surface area contributed by atoms with Crippen LogP contribution in [0.25, 0.3) is 0 Å². The fourth-order valence-electron chi connectivity index (χ4n) is 2.54. The topological polar surface area (TPSA) is 77.0 Å². The number of hydrogen-bond donors (Lipinski definition) is 1. The van der Waals surface area contributed by atoms with Gasteiger partial charge in [0.25, 0.3) is 0 Å². The maximum atomic E-state index is 9.96. The lowest BCUT2D eigenvalue weighted by Gasteiger charge is -2.19. The van der Waals surface area contributed by atoms with Crippen molar-refractivity contribution in [1.82, 2.24) is 0 Å². The van der Waals surface area contributed by atoms with Crippen molar-refractivity contribution in [3.8, 4) is 17.9 Å². The van der Waals surface area contributed by atoms with Gasteiger partial charge in [0.05, 0.1) is 17.2 Å². The van der Waals surface area contributed by atoms with Crippen LogP contribution in [-0.2, 0) is 0 Å². The van der Waals surface area contributed by atoms with Gasteiger partial charge < -0.3 is 9.84 Å². The Labute approximate surface area is 185 Å². The van der Waals surface area contributed by atoms with E-state index in [1.165, 1.54) is 0 Å². The number of nitriles is 2. The number of aliphatic hydroxyl groups excluding tert-OH is 1. The summed E-state index contributed by atoms with van der Waals surface area (Å²) < 4.78 is 6.17. The van der Waals surface area contributed by atoms with E-state index in [0.29, 0.717) is 16.9 Å². The fraction of sp³-hybridized carbons (Fsp3) is 0.600. The third-order valence-electron chi connectivity index (χ3n) is 3.92. The van der Waals surface area contributed by atoms with Crippen molar-refractivity contribution < 1.29 is 9.84 Å². The van der Waals surface area contributed by atoms with Crippen molar-refractivity contribution >= 4 is 47.0 Å². The molecule has 0 bridgehead atoms. The van der Waals surface area contributed by atoms with E-state index >= 15 is 0 Å². The van der Waals surface area contributed by atoms with Gasteiger partial charge in [-0.2, -0.15) is 57.6 Å². The van der Waals surface area contributed by atoms with Gasteiger partial charge >= 0.3 is 0 Å². The molecule has 1 aromatic rings. The Bertz CT molecular complexity index is 657. The molecule has 0 spiro atoms. The molecule has 0 unspecified atom stereocenters. The molecule has 28 heavy (non-hydrogen) atoms. The number of hydrogen-bond acceptors (Lipinski definition) is 8. The molecule has 1 aliphatic rings. The number of thioether (sulfide) groups is 4. The average molecular weight is 455 g/mol. The van der Waals surface area contributed by atoms with Gasteiger partial charge in [-0.25, -0.2) is 0 Å². The summed E-state index contributed by atoms with van der Waals surface area (Å²) in [6, 6.07) is 9.23. The molecule has 0 atom stereocenters. The minimum Gasteiger partial charge on any atom is -0.489 e. The highest BCUT2D eigenvalue weighted by molar-refractivity contribution is 8.01. The average Bonchev–Trinajstić information content (AvgIpc) is 2.71. The largest absolute Gasteiger partial charge is 0.489 e. The molecule has 1 fully saturated rings. The molecule has 0 saturated carbocycles. The molecule has 8 heteroatoms. The zero-order valence-corrected chi connectivity index (χ0v) is 19.1. The molecule has 0 aliphatic carbocycles. The summed E-state index contributed by atoms with van der Waals surface area (Å²) in [4.78, 5) is 0. The third kappa shape index (κ3) is 9.24. The van der Waals surface area contributed by atoms with Crippen molar-refractivity contribution in [1.29, 1.82) is 10.5 Å². The highest BCUT2D eigenvalue weighted by Gasteiger charge is 2.13. The van der Waals surface area contributed by atoms with Gasteiger partial charge in [0.15, 0.2) is 0 Å². The summed E-state index contributed by atoms with van der Waals surface area (Å²) in [5, 5.41) is 28.2. The number of nitrogens with zero attached hydrogens (tertiary/aromatic N) is 2. The highest BCUT2D eigenvalue weighted by atomic mass is 32.2. The Morgan fingerprint density at radius 2 is 1.36 bits per heavy atom. The smallest absolute Gasteiger partial charge is 0.121 e. The Morgan fingerprint density at radius 1 is 0.821 bits per heavy atom.